The molecule has 21 heavy (non-hydrogen) atoms. The van der Waals surface area contributed by atoms with Gasteiger partial charge in [0.15, 0.2) is 0 Å². The molecule has 8 heteroatoms. The Kier molecular flexibility index (Phi) is 5.43. The summed E-state index contributed by atoms with van der Waals surface area (Å²) in [5, 5.41) is 3.58. The van der Waals surface area contributed by atoms with E-state index in [1.165, 1.54) is 36.3 Å². The summed E-state index contributed by atoms with van der Waals surface area (Å²) >= 11 is 5.74. The second-order valence-corrected chi connectivity index (χ2v) is 7.35. The number of nitrogens with zero attached hydrogens (tertiary/aromatic N) is 1. The Morgan fingerprint density at radius 1 is 1.43 bits per heavy atom. The average molecular weight is 336 g/mol. The molecule has 1 aliphatic carbocycles. The molecule has 0 bridgehead atoms. The number of rotatable bonds is 8. The van der Waals surface area contributed by atoms with Gasteiger partial charge in [-0.2, -0.15) is 12.7 Å². The standard InChI is InChI=1S/C13H19ClFN3O2S/c1-18(8-2-7-16-11-4-5-11)21(19,20)17-13-9-10(14)3-6-12(13)15/h3,6,9,11,16-17H,2,4-5,7-8H2,1H3. The fraction of sp³-hybridized carbons (Fsp3) is 0.538. The first-order valence-corrected chi connectivity index (χ1v) is 8.63. The minimum Gasteiger partial charge on any atom is -0.314 e. The van der Waals surface area contributed by atoms with Crippen molar-refractivity contribution in [1.82, 2.24) is 9.62 Å². The van der Waals surface area contributed by atoms with Crippen LogP contribution in [0.3, 0.4) is 0 Å². The van der Waals surface area contributed by atoms with Gasteiger partial charge in [-0.1, -0.05) is 11.6 Å². The van der Waals surface area contributed by atoms with Crippen LogP contribution in [0.5, 0.6) is 0 Å². The molecule has 1 aromatic carbocycles. The van der Waals surface area contributed by atoms with Crippen LogP contribution in [0, 0.1) is 5.82 Å². The summed E-state index contributed by atoms with van der Waals surface area (Å²) in [6, 6.07) is 4.34. The highest BCUT2D eigenvalue weighted by Crippen LogP contribution is 2.21. The van der Waals surface area contributed by atoms with Crippen molar-refractivity contribution in [2.75, 3.05) is 24.9 Å². The van der Waals surface area contributed by atoms with Gasteiger partial charge in [0.25, 0.3) is 0 Å². The number of halogens is 2. The van der Waals surface area contributed by atoms with E-state index in [1.54, 1.807) is 0 Å². The fourth-order valence-corrected chi connectivity index (χ4v) is 2.94. The fourth-order valence-electron chi connectivity index (χ4n) is 1.81. The SMILES string of the molecule is CN(CCCNC1CC1)S(=O)(=O)Nc1cc(Cl)ccc1F. The van der Waals surface area contributed by atoms with Gasteiger partial charge in [-0.3, -0.25) is 4.72 Å². The molecule has 2 N–H and O–H groups in total. The Hall–Kier alpha value is -0.890. The number of hydrogen-bond acceptors (Lipinski definition) is 3. The highest BCUT2D eigenvalue weighted by Gasteiger charge is 2.21. The molecule has 0 atom stereocenters. The van der Waals surface area contributed by atoms with Gasteiger partial charge in [0.05, 0.1) is 5.69 Å². The van der Waals surface area contributed by atoms with E-state index >= 15 is 0 Å². The first kappa shape index (κ1) is 16.5. The van der Waals surface area contributed by atoms with Crippen LogP contribution >= 0.6 is 11.6 Å². The van der Waals surface area contributed by atoms with Crippen molar-refractivity contribution >= 4 is 27.5 Å². The molecule has 0 amide bonds. The van der Waals surface area contributed by atoms with Gasteiger partial charge < -0.3 is 5.32 Å². The second-order valence-electron chi connectivity index (χ2n) is 5.13. The molecule has 2 rings (SSSR count). The molecule has 0 unspecified atom stereocenters. The molecule has 1 fully saturated rings. The Morgan fingerprint density at radius 3 is 2.81 bits per heavy atom. The Bertz CT molecular complexity index is 593. The van der Waals surface area contributed by atoms with Crippen molar-refractivity contribution in [1.29, 1.82) is 0 Å². The van der Waals surface area contributed by atoms with E-state index in [1.807, 2.05) is 0 Å². The predicted octanol–water partition coefficient (Wildman–Crippen LogP) is 2.21. The average Bonchev–Trinajstić information content (AvgIpc) is 3.22. The highest BCUT2D eigenvalue weighted by atomic mass is 35.5. The Labute approximate surface area is 129 Å². The first-order valence-electron chi connectivity index (χ1n) is 6.81. The smallest absolute Gasteiger partial charge is 0.301 e. The topological polar surface area (TPSA) is 61.4 Å². The molecule has 0 aromatic heterocycles. The minimum atomic E-state index is -3.78. The Morgan fingerprint density at radius 2 is 2.14 bits per heavy atom. The van der Waals surface area contributed by atoms with Crippen molar-refractivity contribution in [3.8, 4) is 0 Å². The van der Waals surface area contributed by atoms with E-state index in [0.717, 1.165) is 12.6 Å². The predicted molar refractivity (Wildman–Crippen MR) is 82.2 cm³/mol. The number of nitrogens with one attached hydrogen (secondary N) is 2. The third-order valence-electron chi connectivity index (χ3n) is 3.24. The minimum absolute atomic E-state index is 0.148. The van der Waals surface area contributed by atoms with Gasteiger partial charge in [0.2, 0.25) is 0 Å². The molecule has 1 aromatic rings. The van der Waals surface area contributed by atoms with Crippen molar-refractivity contribution in [2.45, 2.75) is 25.3 Å². The molecule has 0 heterocycles. The zero-order chi connectivity index (χ0) is 15.5. The molecule has 1 aliphatic rings. The van der Waals surface area contributed by atoms with E-state index in [9.17, 15) is 12.8 Å². The quantitative estimate of drug-likeness (QED) is 0.716. The van der Waals surface area contributed by atoms with Crippen LogP contribution in [0.15, 0.2) is 18.2 Å². The molecule has 5 nitrogen and oxygen atoms in total. The summed E-state index contributed by atoms with van der Waals surface area (Å²) in [5.41, 5.74) is -0.148. The van der Waals surface area contributed by atoms with Crippen LogP contribution in [0.25, 0.3) is 0 Å². The van der Waals surface area contributed by atoms with E-state index in [2.05, 4.69) is 10.0 Å². The van der Waals surface area contributed by atoms with E-state index in [-0.39, 0.29) is 10.7 Å². The molecule has 1 saturated carbocycles. The Balaban J connectivity index is 1.88. The number of hydrogen-bond donors (Lipinski definition) is 2. The van der Waals surface area contributed by atoms with Crippen molar-refractivity contribution in [3.63, 3.8) is 0 Å². The molecule has 0 spiro atoms. The van der Waals surface area contributed by atoms with Gasteiger partial charge >= 0.3 is 10.2 Å². The van der Waals surface area contributed by atoms with Crippen LogP contribution in [-0.4, -0.2) is 38.9 Å². The summed E-state index contributed by atoms with van der Waals surface area (Å²) in [7, 11) is -2.32. The lowest BCUT2D eigenvalue weighted by Gasteiger charge is -2.18. The maximum Gasteiger partial charge on any atom is 0.301 e. The molecular weight excluding hydrogens is 317 g/mol. The van der Waals surface area contributed by atoms with Crippen molar-refractivity contribution in [3.05, 3.63) is 29.0 Å². The van der Waals surface area contributed by atoms with Gasteiger partial charge in [0, 0.05) is 24.7 Å². The molecule has 118 valence electrons. The van der Waals surface area contributed by atoms with Gasteiger partial charge in [-0.05, 0) is 44.0 Å². The van der Waals surface area contributed by atoms with E-state index in [4.69, 9.17) is 11.6 Å². The van der Waals surface area contributed by atoms with Gasteiger partial charge in [-0.25, -0.2) is 4.39 Å². The maximum absolute atomic E-state index is 13.6. The third kappa shape index (κ3) is 5.10. The van der Waals surface area contributed by atoms with Crippen LogP contribution in [0.2, 0.25) is 5.02 Å². The molecular formula is C13H19ClFN3O2S. The number of anilines is 1. The van der Waals surface area contributed by atoms with Gasteiger partial charge in [0.1, 0.15) is 5.82 Å². The molecule has 0 radical (unpaired) electrons. The molecule has 0 aliphatic heterocycles. The summed E-state index contributed by atoms with van der Waals surface area (Å²) in [6.07, 6.45) is 3.10. The largest absolute Gasteiger partial charge is 0.314 e. The normalized spacial score (nSPS) is 15.4. The summed E-state index contributed by atoms with van der Waals surface area (Å²) in [6.45, 7) is 1.13. The maximum atomic E-state index is 13.6. The summed E-state index contributed by atoms with van der Waals surface area (Å²) < 4.78 is 41.1. The molecule has 0 saturated heterocycles. The highest BCUT2D eigenvalue weighted by molar-refractivity contribution is 7.90. The second kappa shape index (κ2) is 6.91. The third-order valence-corrected chi connectivity index (χ3v) is 4.95. The zero-order valence-corrected chi connectivity index (χ0v) is 13.3. The zero-order valence-electron chi connectivity index (χ0n) is 11.8. The monoisotopic (exact) mass is 335 g/mol. The van der Waals surface area contributed by atoms with E-state index in [0.29, 0.717) is 19.0 Å². The van der Waals surface area contributed by atoms with Crippen molar-refractivity contribution in [2.24, 2.45) is 0 Å². The summed E-state index contributed by atoms with van der Waals surface area (Å²) in [4.78, 5) is 0. The summed E-state index contributed by atoms with van der Waals surface area (Å²) in [5.74, 6) is -0.660. The lowest BCUT2D eigenvalue weighted by molar-refractivity contribution is 0.457. The van der Waals surface area contributed by atoms with Gasteiger partial charge in [-0.15, -0.1) is 0 Å². The lowest BCUT2D eigenvalue weighted by Crippen LogP contribution is -2.35. The number of benzene rings is 1. The van der Waals surface area contributed by atoms with E-state index < -0.39 is 16.0 Å². The van der Waals surface area contributed by atoms with Crippen LogP contribution < -0.4 is 10.0 Å². The van der Waals surface area contributed by atoms with Crippen molar-refractivity contribution < 1.29 is 12.8 Å². The lowest BCUT2D eigenvalue weighted by atomic mass is 10.3. The first-order chi connectivity index (χ1) is 9.88. The van der Waals surface area contributed by atoms with Crippen LogP contribution in [0.4, 0.5) is 10.1 Å². The van der Waals surface area contributed by atoms with Crippen LogP contribution in [-0.2, 0) is 10.2 Å². The van der Waals surface area contributed by atoms with Crippen LogP contribution in [0.1, 0.15) is 19.3 Å².